The summed E-state index contributed by atoms with van der Waals surface area (Å²) in [5, 5.41) is 4.02. The Labute approximate surface area is 158 Å². The van der Waals surface area contributed by atoms with Gasteiger partial charge in [0.1, 0.15) is 5.75 Å². The largest absolute Gasteiger partial charge is 0.484 e. The maximum Gasteiger partial charge on any atom is 0.277 e. The molecule has 0 spiro atoms. The molecule has 0 bridgehead atoms. The third-order valence-electron chi connectivity index (χ3n) is 3.90. The van der Waals surface area contributed by atoms with E-state index in [0.717, 1.165) is 17.1 Å². The third kappa shape index (κ3) is 4.98. The summed E-state index contributed by atoms with van der Waals surface area (Å²) >= 11 is 0. The Morgan fingerprint density at radius 1 is 1.11 bits per heavy atom. The van der Waals surface area contributed by atoms with Crippen molar-refractivity contribution in [3.8, 4) is 11.4 Å². The molecule has 1 aromatic heterocycles. The minimum absolute atomic E-state index is 0.103. The van der Waals surface area contributed by atoms with Gasteiger partial charge in [-0.2, -0.15) is 5.10 Å². The number of carbonyl (C=O) groups is 1. The van der Waals surface area contributed by atoms with Gasteiger partial charge in [0.05, 0.1) is 11.9 Å². The molecule has 6 nitrogen and oxygen atoms in total. The van der Waals surface area contributed by atoms with Crippen molar-refractivity contribution in [3.63, 3.8) is 0 Å². The zero-order valence-corrected chi connectivity index (χ0v) is 15.4. The molecule has 0 radical (unpaired) electrons. The number of hydrazone groups is 1. The summed E-state index contributed by atoms with van der Waals surface area (Å²) in [6, 6.07) is 21.3. The topological polar surface area (TPSA) is 58.9 Å². The first-order valence-corrected chi connectivity index (χ1v) is 8.58. The first-order valence-electron chi connectivity index (χ1n) is 8.58. The van der Waals surface area contributed by atoms with Crippen LogP contribution in [0.15, 0.2) is 78.0 Å². The van der Waals surface area contributed by atoms with Crippen LogP contribution in [-0.4, -0.2) is 37.4 Å². The van der Waals surface area contributed by atoms with Crippen LogP contribution in [0, 0.1) is 0 Å². The summed E-state index contributed by atoms with van der Waals surface area (Å²) in [5.41, 5.74) is 5.39. The molecular formula is C21H22N4O2. The number of amides is 1. The Hall–Kier alpha value is -3.54. The minimum Gasteiger partial charge on any atom is -0.484 e. The lowest BCUT2D eigenvalue weighted by Crippen LogP contribution is -2.24. The van der Waals surface area contributed by atoms with E-state index in [4.69, 9.17) is 4.74 Å². The van der Waals surface area contributed by atoms with Crippen LogP contribution in [0.5, 0.6) is 5.75 Å². The van der Waals surface area contributed by atoms with Crippen LogP contribution >= 0.6 is 0 Å². The molecule has 1 amide bonds. The highest BCUT2D eigenvalue weighted by atomic mass is 16.5. The molecule has 0 fully saturated rings. The fourth-order valence-electron chi connectivity index (χ4n) is 2.53. The molecule has 2 aromatic carbocycles. The Balaban J connectivity index is 1.54. The van der Waals surface area contributed by atoms with Gasteiger partial charge < -0.3 is 14.2 Å². The van der Waals surface area contributed by atoms with Crippen LogP contribution in [0.3, 0.4) is 0 Å². The highest BCUT2D eigenvalue weighted by Gasteiger charge is 2.04. The molecule has 0 saturated heterocycles. The molecule has 3 aromatic rings. The van der Waals surface area contributed by atoms with Crippen molar-refractivity contribution in [2.45, 2.75) is 0 Å². The van der Waals surface area contributed by atoms with E-state index in [-0.39, 0.29) is 12.5 Å². The van der Waals surface area contributed by atoms with Gasteiger partial charge >= 0.3 is 0 Å². The second kappa shape index (κ2) is 8.71. The summed E-state index contributed by atoms with van der Waals surface area (Å²) in [6.45, 7) is -0.103. The first-order chi connectivity index (χ1) is 13.1. The average molecular weight is 362 g/mol. The van der Waals surface area contributed by atoms with E-state index in [1.807, 2.05) is 96.5 Å². The second-order valence-electron chi connectivity index (χ2n) is 6.11. The fraction of sp³-hybridized carbons (Fsp3) is 0.143. The molecule has 0 saturated carbocycles. The van der Waals surface area contributed by atoms with E-state index in [9.17, 15) is 4.79 Å². The number of anilines is 1. The summed E-state index contributed by atoms with van der Waals surface area (Å²) in [6.07, 6.45) is 3.55. The molecule has 1 N–H and O–H groups in total. The SMILES string of the molecule is CN(C)c1cccc(OCC(=O)N/N=C/c2cccn2-c2ccccc2)c1. The van der Waals surface area contributed by atoms with E-state index in [0.29, 0.717) is 5.75 Å². The number of aromatic nitrogens is 1. The number of nitrogens with zero attached hydrogens (tertiary/aromatic N) is 3. The quantitative estimate of drug-likeness (QED) is 0.519. The Bertz CT molecular complexity index is 917. The number of nitrogens with one attached hydrogen (secondary N) is 1. The molecule has 0 aliphatic heterocycles. The molecule has 138 valence electrons. The molecule has 0 aliphatic carbocycles. The number of ether oxygens (including phenoxy) is 1. The van der Waals surface area contributed by atoms with Crippen molar-refractivity contribution in [2.24, 2.45) is 5.10 Å². The van der Waals surface area contributed by atoms with Gasteiger partial charge in [0.25, 0.3) is 5.91 Å². The van der Waals surface area contributed by atoms with Crippen LogP contribution in [0.4, 0.5) is 5.69 Å². The molecular weight excluding hydrogens is 340 g/mol. The van der Waals surface area contributed by atoms with E-state index < -0.39 is 0 Å². The molecule has 0 aliphatic rings. The van der Waals surface area contributed by atoms with Gasteiger partial charge in [0, 0.05) is 37.7 Å². The number of benzene rings is 2. The summed E-state index contributed by atoms with van der Waals surface area (Å²) in [7, 11) is 3.90. The van der Waals surface area contributed by atoms with Crippen molar-refractivity contribution >= 4 is 17.8 Å². The Morgan fingerprint density at radius 2 is 1.93 bits per heavy atom. The number of para-hydroxylation sites is 1. The maximum atomic E-state index is 12.0. The average Bonchev–Trinajstić information content (AvgIpc) is 3.16. The fourth-order valence-corrected chi connectivity index (χ4v) is 2.53. The van der Waals surface area contributed by atoms with E-state index >= 15 is 0 Å². The van der Waals surface area contributed by atoms with Crippen molar-refractivity contribution in [1.82, 2.24) is 9.99 Å². The van der Waals surface area contributed by atoms with Crippen molar-refractivity contribution in [1.29, 1.82) is 0 Å². The molecule has 0 atom stereocenters. The molecule has 6 heteroatoms. The van der Waals surface area contributed by atoms with E-state index in [2.05, 4.69) is 10.5 Å². The lowest BCUT2D eigenvalue weighted by atomic mass is 10.3. The summed E-state index contributed by atoms with van der Waals surface area (Å²) in [4.78, 5) is 13.9. The minimum atomic E-state index is -0.320. The normalized spacial score (nSPS) is 10.7. The van der Waals surface area contributed by atoms with Crippen molar-refractivity contribution in [3.05, 3.63) is 78.6 Å². The highest BCUT2D eigenvalue weighted by Crippen LogP contribution is 2.19. The van der Waals surface area contributed by atoms with Crippen LogP contribution in [0.25, 0.3) is 5.69 Å². The smallest absolute Gasteiger partial charge is 0.277 e. The number of carbonyl (C=O) groups excluding carboxylic acids is 1. The zero-order valence-electron chi connectivity index (χ0n) is 15.4. The molecule has 3 rings (SSSR count). The van der Waals surface area contributed by atoms with Gasteiger partial charge in [0.15, 0.2) is 6.61 Å². The van der Waals surface area contributed by atoms with Gasteiger partial charge in [-0.05, 0) is 36.4 Å². The second-order valence-corrected chi connectivity index (χ2v) is 6.11. The zero-order chi connectivity index (χ0) is 19.1. The van der Waals surface area contributed by atoms with Gasteiger partial charge in [-0.3, -0.25) is 4.79 Å². The van der Waals surface area contributed by atoms with Crippen LogP contribution in [0.2, 0.25) is 0 Å². The number of hydrogen-bond donors (Lipinski definition) is 1. The Morgan fingerprint density at radius 3 is 2.70 bits per heavy atom. The number of rotatable bonds is 7. The molecule has 27 heavy (non-hydrogen) atoms. The van der Waals surface area contributed by atoms with Crippen LogP contribution in [0.1, 0.15) is 5.69 Å². The predicted octanol–water partition coefficient (Wildman–Crippen LogP) is 3.07. The van der Waals surface area contributed by atoms with Crippen molar-refractivity contribution < 1.29 is 9.53 Å². The van der Waals surface area contributed by atoms with E-state index in [1.165, 1.54) is 0 Å². The van der Waals surface area contributed by atoms with Crippen LogP contribution in [-0.2, 0) is 4.79 Å². The Kier molecular flexibility index (Phi) is 5.89. The van der Waals surface area contributed by atoms with Crippen LogP contribution < -0.4 is 15.1 Å². The standard InChI is InChI=1S/C21H22N4O2/c1-24(2)18-10-6-12-20(14-18)27-16-21(26)23-22-15-19-11-7-13-25(19)17-8-4-3-5-9-17/h3-15H,16H2,1-2H3,(H,23,26)/b22-15+. The number of hydrogen-bond acceptors (Lipinski definition) is 4. The highest BCUT2D eigenvalue weighted by molar-refractivity contribution is 5.82. The predicted molar refractivity (Wildman–Crippen MR) is 108 cm³/mol. The van der Waals surface area contributed by atoms with Gasteiger partial charge in [-0.15, -0.1) is 0 Å². The maximum absolute atomic E-state index is 12.0. The monoisotopic (exact) mass is 362 g/mol. The van der Waals surface area contributed by atoms with Gasteiger partial charge in [-0.1, -0.05) is 24.3 Å². The lowest BCUT2D eigenvalue weighted by molar-refractivity contribution is -0.123. The summed E-state index contributed by atoms with van der Waals surface area (Å²) < 4.78 is 7.51. The first kappa shape index (κ1) is 18.3. The lowest BCUT2D eigenvalue weighted by Gasteiger charge is -2.13. The van der Waals surface area contributed by atoms with Gasteiger partial charge in [0.2, 0.25) is 0 Å². The molecule has 1 heterocycles. The summed E-state index contributed by atoms with van der Waals surface area (Å²) in [5.74, 6) is 0.317. The third-order valence-corrected chi connectivity index (χ3v) is 3.90. The van der Waals surface area contributed by atoms with Crippen molar-refractivity contribution in [2.75, 3.05) is 25.6 Å². The molecule has 0 unspecified atom stereocenters. The van der Waals surface area contributed by atoms with Gasteiger partial charge in [-0.25, -0.2) is 5.43 Å². The van der Waals surface area contributed by atoms with E-state index in [1.54, 1.807) is 6.21 Å².